The first-order valence-electron chi connectivity index (χ1n) is 5.79. The lowest BCUT2D eigenvalue weighted by molar-refractivity contribution is 0.0812. The highest BCUT2D eigenvalue weighted by molar-refractivity contribution is 5.10. The molecule has 6 atom stereocenters. The molecule has 3 saturated carbocycles. The van der Waals surface area contributed by atoms with Gasteiger partial charge in [0.2, 0.25) is 0 Å². The Kier molecular flexibility index (Phi) is 1.40. The SMILES string of the molecule is CC1CCCC1C1C(C)C2CC21. The van der Waals surface area contributed by atoms with Gasteiger partial charge in [0, 0.05) is 0 Å². The Bertz CT molecular complexity index is 192. The normalized spacial score (nSPS) is 62.5. The second-order valence-corrected chi connectivity index (χ2v) is 5.57. The van der Waals surface area contributed by atoms with Gasteiger partial charge in [0.05, 0.1) is 0 Å². The van der Waals surface area contributed by atoms with Crippen molar-refractivity contribution in [3.63, 3.8) is 0 Å². The molecule has 0 bridgehead atoms. The lowest BCUT2D eigenvalue weighted by Gasteiger charge is -2.40. The Balaban J connectivity index is 1.72. The predicted octanol–water partition coefficient (Wildman–Crippen LogP) is 3.32. The molecule has 0 N–H and O–H groups in total. The Morgan fingerprint density at radius 1 is 0.917 bits per heavy atom. The minimum absolute atomic E-state index is 1.05. The molecule has 3 fully saturated rings. The van der Waals surface area contributed by atoms with E-state index in [-0.39, 0.29) is 0 Å². The third kappa shape index (κ3) is 0.791. The van der Waals surface area contributed by atoms with Crippen molar-refractivity contribution in [1.82, 2.24) is 0 Å². The average Bonchev–Trinajstić information content (AvgIpc) is 2.64. The summed E-state index contributed by atoms with van der Waals surface area (Å²) >= 11 is 0. The zero-order valence-corrected chi connectivity index (χ0v) is 8.29. The molecule has 68 valence electrons. The summed E-state index contributed by atoms with van der Waals surface area (Å²) in [6.07, 6.45) is 6.19. The van der Waals surface area contributed by atoms with Crippen LogP contribution < -0.4 is 0 Å². The molecule has 0 heteroatoms. The van der Waals surface area contributed by atoms with Gasteiger partial charge < -0.3 is 0 Å². The van der Waals surface area contributed by atoms with Crippen LogP contribution in [-0.2, 0) is 0 Å². The molecule has 12 heavy (non-hydrogen) atoms. The molecule has 0 heterocycles. The topological polar surface area (TPSA) is 0 Å². The summed E-state index contributed by atoms with van der Waals surface area (Å²) < 4.78 is 0. The van der Waals surface area contributed by atoms with E-state index in [0.29, 0.717) is 0 Å². The summed E-state index contributed by atoms with van der Waals surface area (Å²) in [6, 6.07) is 0. The summed E-state index contributed by atoms with van der Waals surface area (Å²) in [5.41, 5.74) is 0. The van der Waals surface area contributed by atoms with Gasteiger partial charge in [-0.05, 0) is 48.3 Å². The first-order chi connectivity index (χ1) is 5.79. The molecule has 0 amide bonds. The van der Waals surface area contributed by atoms with Crippen molar-refractivity contribution in [2.45, 2.75) is 39.5 Å². The van der Waals surface area contributed by atoms with Crippen molar-refractivity contribution in [3.8, 4) is 0 Å². The molecule has 0 aromatic rings. The summed E-state index contributed by atoms with van der Waals surface area (Å²) in [7, 11) is 0. The van der Waals surface area contributed by atoms with Crippen LogP contribution in [0.3, 0.4) is 0 Å². The van der Waals surface area contributed by atoms with Crippen molar-refractivity contribution in [2.24, 2.45) is 35.5 Å². The molecule has 0 aliphatic heterocycles. The molecule has 0 aromatic heterocycles. The van der Waals surface area contributed by atoms with Crippen molar-refractivity contribution in [2.75, 3.05) is 0 Å². The van der Waals surface area contributed by atoms with Gasteiger partial charge >= 0.3 is 0 Å². The molecule has 3 aliphatic rings. The van der Waals surface area contributed by atoms with E-state index in [4.69, 9.17) is 0 Å². The standard InChI is InChI=1S/C12H20/c1-7-4-3-5-9(7)12-8(2)10-6-11(10)12/h7-12H,3-6H2,1-2H3. The Morgan fingerprint density at radius 3 is 2.25 bits per heavy atom. The molecular weight excluding hydrogens is 144 g/mol. The van der Waals surface area contributed by atoms with Crippen LogP contribution in [0.15, 0.2) is 0 Å². The maximum Gasteiger partial charge on any atom is -0.0323 e. The van der Waals surface area contributed by atoms with Gasteiger partial charge in [0.25, 0.3) is 0 Å². The zero-order valence-electron chi connectivity index (χ0n) is 8.29. The van der Waals surface area contributed by atoms with E-state index < -0.39 is 0 Å². The van der Waals surface area contributed by atoms with Gasteiger partial charge in [0.15, 0.2) is 0 Å². The monoisotopic (exact) mass is 164 g/mol. The second kappa shape index (κ2) is 2.27. The number of hydrogen-bond donors (Lipinski definition) is 0. The Hall–Kier alpha value is 0. The smallest absolute Gasteiger partial charge is 0.0323 e. The summed E-state index contributed by atoms with van der Waals surface area (Å²) in [4.78, 5) is 0. The molecule has 0 aromatic carbocycles. The fraction of sp³-hybridized carbons (Fsp3) is 1.00. The van der Waals surface area contributed by atoms with Crippen LogP contribution in [0.25, 0.3) is 0 Å². The van der Waals surface area contributed by atoms with E-state index in [1.807, 2.05) is 0 Å². The fourth-order valence-electron chi connectivity index (χ4n) is 4.27. The molecule has 0 nitrogen and oxygen atoms in total. The van der Waals surface area contributed by atoms with Crippen LogP contribution in [-0.4, -0.2) is 0 Å². The van der Waals surface area contributed by atoms with Crippen molar-refractivity contribution >= 4 is 0 Å². The molecule has 0 radical (unpaired) electrons. The van der Waals surface area contributed by atoms with Crippen LogP contribution in [0.1, 0.15) is 39.5 Å². The maximum absolute atomic E-state index is 2.50. The molecule has 3 aliphatic carbocycles. The highest BCUT2D eigenvalue weighted by Gasteiger charge is 2.61. The van der Waals surface area contributed by atoms with E-state index in [2.05, 4.69) is 13.8 Å². The first kappa shape index (κ1) is 7.41. The number of fused-ring (bicyclic) bond motifs is 1. The minimum atomic E-state index is 1.05. The fourth-order valence-corrected chi connectivity index (χ4v) is 4.27. The third-order valence-corrected chi connectivity index (χ3v) is 5.09. The van der Waals surface area contributed by atoms with Gasteiger partial charge in [-0.3, -0.25) is 0 Å². The quantitative estimate of drug-likeness (QED) is 0.557. The van der Waals surface area contributed by atoms with Crippen LogP contribution >= 0.6 is 0 Å². The van der Waals surface area contributed by atoms with Gasteiger partial charge in [-0.25, -0.2) is 0 Å². The number of rotatable bonds is 1. The lowest BCUT2D eigenvalue weighted by Crippen LogP contribution is -2.35. The van der Waals surface area contributed by atoms with Crippen molar-refractivity contribution in [3.05, 3.63) is 0 Å². The highest BCUT2D eigenvalue weighted by atomic mass is 14.7. The molecule has 3 rings (SSSR count). The number of hydrogen-bond acceptors (Lipinski definition) is 0. The average molecular weight is 164 g/mol. The summed E-state index contributed by atoms with van der Waals surface area (Å²) in [6.45, 7) is 4.99. The molecule has 6 unspecified atom stereocenters. The summed E-state index contributed by atoms with van der Waals surface area (Å²) in [5, 5.41) is 0. The zero-order chi connectivity index (χ0) is 8.29. The van der Waals surface area contributed by atoms with Gasteiger partial charge in [-0.15, -0.1) is 0 Å². The summed E-state index contributed by atoms with van der Waals surface area (Å²) in [5.74, 6) is 6.82. The third-order valence-electron chi connectivity index (χ3n) is 5.09. The molecule has 0 spiro atoms. The van der Waals surface area contributed by atoms with Crippen molar-refractivity contribution in [1.29, 1.82) is 0 Å². The Morgan fingerprint density at radius 2 is 1.75 bits per heavy atom. The van der Waals surface area contributed by atoms with Crippen LogP contribution in [0.2, 0.25) is 0 Å². The first-order valence-corrected chi connectivity index (χ1v) is 5.79. The van der Waals surface area contributed by atoms with Crippen LogP contribution in [0, 0.1) is 35.5 Å². The minimum Gasteiger partial charge on any atom is -0.0622 e. The largest absolute Gasteiger partial charge is 0.0622 e. The van der Waals surface area contributed by atoms with E-state index in [0.717, 1.165) is 23.7 Å². The van der Waals surface area contributed by atoms with Crippen molar-refractivity contribution < 1.29 is 0 Å². The maximum atomic E-state index is 2.50. The van der Waals surface area contributed by atoms with E-state index in [1.165, 1.54) is 24.7 Å². The predicted molar refractivity (Wildman–Crippen MR) is 50.8 cm³/mol. The van der Waals surface area contributed by atoms with Gasteiger partial charge in [-0.2, -0.15) is 0 Å². The highest BCUT2D eigenvalue weighted by Crippen LogP contribution is 2.68. The Labute approximate surface area is 75.7 Å². The second-order valence-electron chi connectivity index (χ2n) is 5.57. The van der Waals surface area contributed by atoms with Gasteiger partial charge in [-0.1, -0.05) is 26.7 Å². The lowest BCUT2D eigenvalue weighted by atomic mass is 9.65. The van der Waals surface area contributed by atoms with Crippen LogP contribution in [0.5, 0.6) is 0 Å². The van der Waals surface area contributed by atoms with Gasteiger partial charge in [0.1, 0.15) is 0 Å². The molecule has 0 saturated heterocycles. The van der Waals surface area contributed by atoms with Crippen LogP contribution in [0.4, 0.5) is 0 Å². The van der Waals surface area contributed by atoms with E-state index >= 15 is 0 Å². The van der Waals surface area contributed by atoms with E-state index in [1.54, 1.807) is 12.8 Å². The van der Waals surface area contributed by atoms with E-state index in [9.17, 15) is 0 Å². The molecular formula is C12H20.